The van der Waals surface area contributed by atoms with Gasteiger partial charge in [0.2, 0.25) is 0 Å². The molecule has 134 valence electrons. The topological polar surface area (TPSA) is 46.9 Å². The number of rotatable bonds is 4. The van der Waals surface area contributed by atoms with E-state index in [9.17, 15) is 10.2 Å². The summed E-state index contributed by atoms with van der Waals surface area (Å²) in [6.07, 6.45) is 1.10. The molecule has 0 amide bonds. The smallest absolute Gasteiger partial charge is 0.120 e. The molecule has 0 spiro atoms. The Morgan fingerprint density at radius 2 is 1.16 bits per heavy atom. The van der Waals surface area contributed by atoms with Gasteiger partial charge in [-0.25, -0.2) is 0 Å². The summed E-state index contributed by atoms with van der Waals surface area (Å²) in [4.78, 5) is 4.81. The molecule has 1 saturated heterocycles. The fourth-order valence-corrected chi connectivity index (χ4v) is 3.50. The summed E-state index contributed by atoms with van der Waals surface area (Å²) >= 11 is 0. The molecule has 3 rings (SSSR count). The Kier molecular flexibility index (Phi) is 5.61. The molecule has 0 saturated carbocycles. The zero-order valence-corrected chi connectivity index (χ0v) is 15.2. The van der Waals surface area contributed by atoms with E-state index in [1.807, 2.05) is 12.1 Å². The molecule has 4 heteroatoms. The van der Waals surface area contributed by atoms with Crippen molar-refractivity contribution in [3.05, 3.63) is 58.7 Å². The predicted octanol–water partition coefficient (Wildman–Crippen LogP) is 3.42. The van der Waals surface area contributed by atoms with Gasteiger partial charge in [0.05, 0.1) is 0 Å². The number of benzene rings is 2. The van der Waals surface area contributed by atoms with Crippen molar-refractivity contribution in [2.75, 3.05) is 26.2 Å². The van der Waals surface area contributed by atoms with Crippen LogP contribution in [0.5, 0.6) is 11.5 Å². The molecule has 1 fully saturated rings. The standard InChI is InChI=1S/C21H28N2O2/c1-16-4-6-20(24)18(12-16)14-22-8-3-9-23(11-10-22)15-19-13-17(2)5-7-21(19)25/h4-7,12-13,24-25H,3,8-11,14-15H2,1-2H3. The Hall–Kier alpha value is -2.04. The lowest BCUT2D eigenvalue weighted by atomic mass is 10.1. The van der Waals surface area contributed by atoms with Crippen LogP contribution in [-0.4, -0.2) is 46.2 Å². The van der Waals surface area contributed by atoms with E-state index < -0.39 is 0 Å². The first-order valence-corrected chi connectivity index (χ1v) is 9.03. The largest absolute Gasteiger partial charge is 0.508 e. The van der Waals surface area contributed by atoms with Crippen LogP contribution in [0, 0.1) is 13.8 Å². The molecule has 2 aromatic carbocycles. The van der Waals surface area contributed by atoms with E-state index in [-0.39, 0.29) is 0 Å². The highest BCUT2D eigenvalue weighted by molar-refractivity contribution is 5.36. The lowest BCUT2D eigenvalue weighted by Crippen LogP contribution is -2.30. The van der Waals surface area contributed by atoms with Crippen molar-refractivity contribution in [1.29, 1.82) is 0 Å². The van der Waals surface area contributed by atoms with Gasteiger partial charge in [-0.05, 0) is 45.5 Å². The molecule has 2 N–H and O–H groups in total. The van der Waals surface area contributed by atoms with Crippen molar-refractivity contribution in [3.63, 3.8) is 0 Å². The van der Waals surface area contributed by atoms with Crippen molar-refractivity contribution < 1.29 is 10.2 Å². The summed E-state index contributed by atoms with van der Waals surface area (Å²) in [5, 5.41) is 20.1. The highest BCUT2D eigenvalue weighted by Crippen LogP contribution is 2.23. The van der Waals surface area contributed by atoms with E-state index in [0.717, 1.165) is 56.8 Å². The minimum Gasteiger partial charge on any atom is -0.508 e. The number of phenols is 2. The Bertz CT molecular complexity index is 668. The van der Waals surface area contributed by atoms with Crippen LogP contribution in [0.4, 0.5) is 0 Å². The second kappa shape index (κ2) is 7.89. The van der Waals surface area contributed by atoms with Crippen LogP contribution in [0.15, 0.2) is 36.4 Å². The third-order valence-corrected chi connectivity index (χ3v) is 4.94. The van der Waals surface area contributed by atoms with Crippen molar-refractivity contribution >= 4 is 0 Å². The first kappa shape index (κ1) is 17.8. The van der Waals surface area contributed by atoms with E-state index in [1.54, 1.807) is 12.1 Å². The Morgan fingerprint density at radius 1 is 0.720 bits per heavy atom. The van der Waals surface area contributed by atoms with E-state index in [0.29, 0.717) is 11.5 Å². The molecule has 0 aromatic heterocycles. The Balaban J connectivity index is 1.60. The zero-order chi connectivity index (χ0) is 17.8. The number of nitrogens with zero attached hydrogens (tertiary/aromatic N) is 2. The van der Waals surface area contributed by atoms with E-state index in [1.165, 1.54) is 11.1 Å². The fraction of sp³-hybridized carbons (Fsp3) is 0.429. The minimum absolute atomic E-state index is 0.386. The SMILES string of the molecule is Cc1ccc(O)c(CN2CCCN(Cc3cc(C)ccc3O)CC2)c1. The van der Waals surface area contributed by atoms with Crippen molar-refractivity contribution in [1.82, 2.24) is 9.80 Å². The van der Waals surface area contributed by atoms with Crippen molar-refractivity contribution in [2.45, 2.75) is 33.4 Å². The van der Waals surface area contributed by atoms with Gasteiger partial charge >= 0.3 is 0 Å². The number of phenolic OH excluding ortho intramolecular Hbond substituents is 2. The van der Waals surface area contributed by atoms with Gasteiger partial charge in [0, 0.05) is 37.3 Å². The van der Waals surface area contributed by atoms with Crippen LogP contribution >= 0.6 is 0 Å². The molecule has 0 aliphatic carbocycles. The maximum absolute atomic E-state index is 10.1. The van der Waals surface area contributed by atoms with Gasteiger partial charge in [0.1, 0.15) is 11.5 Å². The number of aromatic hydroxyl groups is 2. The molecule has 2 aromatic rings. The van der Waals surface area contributed by atoms with Crippen LogP contribution < -0.4 is 0 Å². The lowest BCUT2D eigenvalue weighted by Gasteiger charge is -2.22. The van der Waals surface area contributed by atoms with Crippen LogP contribution in [0.25, 0.3) is 0 Å². The minimum atomic E-state index is 0.386. The highest BCUT2D eigenvalue weighted by Gasteiger charge is 2.17. The number of aryl methyl sites for hydroxylation is 2. The average molecular weight is 340 g/mol. The number of hydrogen-bond acceptors (Lipinski definition) is 4. The third kappa shape index (κ3) is 4.74. The van der Waals surface area contributed by atoms with Crippen LogP contribution in [-0.2, 0) is 13.1 Å². The molecule has 25 heavy (non-hydrogen) atoms. The first-order chi connectivity index (χ1) is 12.0. The lowest BCUT2D eigenvalue weighted by molar-refractivity contribution is 0.243. The van der Waals surface area contributed by atoms with Gasteiger partial charge < -0.3 is 10.2 Å². The van der Waals surface area contributed by atoms with E-state index >= 15 is 0 Å². The molecular formula is C21H28N2O2. The van der Waals surface area contributed by atoms with Crippen molar-refractivity contribution in [3.8, 4) is 11.5 Å². The summed E-state index contributed by atoms with van der Waals surface area (Å²) in [6.45, 7) is 9.70. The van der Waals surface area contributed by atoms with Gasteiger partial charge in [0.15, 0.2) is 0 Å². The van der Waals surface area contributed by atoms with E-state index in [2.05, 4.69) is 35.8 Å². The maximum atomic E-state index is 10.1. The van der Waals surface area contributed by atoms with Gasteiger partial charge in [-0.2, -0.15) is 0 Å². The second-order valence-electron chi connectivity index (χ2n) is 7.17. The molecule has 4 nitrogen and oxygen atoms in total. The monoisotopic (exact) mass is 340 g/mol. The highest BCUT2D eigenvalue weighted by atomic mass is 16.3. The molecule has 1 aliphatic heterocycles. The van der Waals surface area contributed by atoms with Gasteiger partial charge in [-0.3, -0.25) is 9.80 Å². The summed E-state index contributed by atoms with van der Waals surface area (Å²) in [5.74, 6) is 0.771. The third-order valence-electron chi connectivity index (χ3n) is 4.94. The quantitative estimate of drug-likeness (QED) is 0.895. The van der Waals surface area contributed by atoms with Gasteiger partial charge in [0.25, 0.3) is 0 Å². The molecule has 0 unspecified atom stereocenters. The molecule has 1 aliphatic rings. The predicted molar refractivity (Wildman–Crippen MR) is 101 cm³/mol. The molecule has 0 radical (unpaired) electrons. The molecular weight excluding hydrogens is 312 g/mol. The summed E-state index contributed by atoms with van der Waals surface area (Å²) in [5.41, 5.74) is 4.37. The summed E-state index contributed by atoms with van der Waals surface area (Å²) in [6, 6.07) is 11.6. The van der Waals surface area contributed by atoms with Crippen LogP contribution in [0.2, 0.25) is 0 Å². The first-order valence-electron chi connectivity index (χ1n) is 9.03. The normalized spacial score (nSPS) is 16.7. The Morgan fingerprint density at radius 3 is 1.60 bits per heavy atom. The van der Waals surface area contributed by atoms with Crippen molar-refractivity contribution in [2.24, 2.45) is 0 Å². The summed E-state index contributed by atoms with van der Waals surface area (Å²) in [7, 11) is 0. The second-order valence-corrected chi connectivity index (χ2v) is 7.17. The average Bonchev–Trinajstić information content (AvgIpc) is 2.80. The molecule has 0 atom stereocenters. The van der Waals surface area contributed by atoms with Gasteiger partial charge in [-0.1, -0.05) is 35.4 Å². The fourth-order valence-electron chi connectivity index (χ4n) is 3.50. The van der Waals surface area contributed by atoms with E-state index in [4.69, 9.17) is 0 Å². The summed E-state index contributed by atoms with van der Waals surface area (Å²) < 4.78 is 0. The maximum Gasteiger partial charge on any atom is 0.120 e. The molecule has 0 bridgehead atoms. The Labute approximate surface area is 150 Å². The van der Waals surface area contributed by atoms with Crippen LogP contribution in [0.3, 0.4) is 0 Å². The number of hydrogen-bond donors (Lipinski definition) is 2. The van der Waals surface area contributed by atoms with Gasteiger partial charge in [-0.15, -0.1) is 0 Å². The van der Waals surface area contributed by atoms with Crippen LogP contribution in [0.1, 0.15) is 28.7 Å². The zero-order valence-electron chi connectivity index (χ0n) is 15.2. The molecule has 1 heterocycles.